The van der Waals surface area contributed by atoms with Crippen LogP contribution in [0.4, 0.5) is 8.78 Å². The number of nitrogens with zero attached hydrogens (tertiary/aromatic N) is 1. The minimum absolute atomic E-state index is 0.0487. The predicted molar refractivity (Wildman–Crippen MR) is 62.8 cm³/mol. The van der Waals surface area contributed by atoms with Crippen LogP contribution in [0, 0.1) is 3.57 Å². The van der Waals surface area contributed by atoms with Crippen molar-refractivity contribution in [2.24, 2.45) is 0 Å². The molecule has 0 aliphatic carbocycles. The highest BCUT2D eigenvalue weighted by molar-refractivity contribution is 14.1. The molecule has 88 valence electrons. The Hall–Kier alpha value is -0.500. The molecule has 7 heteroatoms. The van der Waals surface area contributed by atoms with Crippen molar-refractivity contribution in [2.75, 3.05) is 0 Å². The Balaban J connectivity index is 3.22. The normalized spacial score (nSPS) is 10.8. The lowest BCUT2D eigenvalue weighted by Crippen LogP contribution is -2.08. The first-order chi connectivity index (χ1) is 7.45. The highest BCUT2D eigenvalue weighted by atomic mass is 127. The maximum absolute atomic E-state index is 12.6. The second-order valence-electron chi connectivity index (χ2n) is 2.98. The van der Waals surface area contributed by atoms with E-state index in [-0.39, 0.29) is 21.6 Å². The van der Waals surface area contributed by atoms with E-state index in [0.29, 0.717) is 5.56 Å². The SMILES string of the molecule is O=C(O)Cc1cc(CCl)c(I)c(C(F)F)n1. The number of carbonyl (C=O) groups is 1. The van der Waals surface area contributed by atoms with Gasteiger partial charge in [-0.1, -0.05) is 0 Å². The average Bonchev–Trinajstić information content (AvgIpc) is 2.19. The number of rotatable bonds is 4. The second kappa shape index (κ2) is 5.72. The Morgan fingerprint density at radius 2 is 2.25 bits per heavy atom. The highest BCUT2D eigenvalue weighted by Crippen LogP contribution is 2.27. The lowest BCUT2D eigenvalue weighted by Gasteiger charge is -2.09. The van der Waals surface area contributed by atoms with E-state index in [4.69, 9.17) is 16.7 Å². The summed E-state index contributed by atoms with van der Waals surface area (Å²) in [6, 6.07) is 1.44. The third kappa shape index (κ3) is 3.24. The van der Waals surface area contributed by atoms with Crippen molar-refractivity contribution in [2.45, 2.75) is 18.7 Å². The molecule has 1 rings (SSSR count). The fraction of sp³-hybridized carbons (Fsp3) is 0.333. The molecule has 1 heterocycles. The van der Waals surface area contributed by atoms with E-state index in [9.17, 15) is 13.6 Å². The monoisotopic (exact) mass is 361 g/mol. The Bertz CT molecular complexity index is 415. The largest absolute Gasteiger partial charge is 0.481 e. The van der Waals surface area contributed by atoms with Gasteiger partial charge in [0.1, 0.15) is 5.69 Å². The average molecular weight is 362 g/mol. The Morgan fingerprint density at radius 1 is 1.62 bits per heavy atom. The maximum atomic E-state index is 12.6. The van der Waals surface area contributed by atoms with E-state index in [1.54, 1.807) is 22.6 Å². The number of pyridine rings is 1. The van der Waals surface area contributed by atoms with Crippen LogP contribution in [0.3, 0.4) is 0 Å². The number of aromatic nitrogens is 1. The van der Waals surface area contributed by atoms with E-state index in [0.717, 1.165) is 0 Å². The van der Waals surface area contributed by atoms with Crippen LogP contribution < -0.4 is 0 Å². The summed E-state index contributed by atoms with van der Waals surface area (Å²) < 4.78 is 25.5. The zero-order valence-electron chi connectivity index (χ0n) is 7.88. The molecule has 3 nitrogen and oxygen atoms in total. The molecule has 1 aromatic rings. The standard InChI is InChI=1S/C9H7ClF2INO2/c10-3-4-1-5(2-6(15)16)14-8(7(4)13)9(11)12/h1,9H,2-3H2,(H,15,16). The Labute approximate surface area is 109 Å². The zero-order valence-corrected chi connectivity index (χ0v) is 10.8. The van der Waals surface area contributed by atoms with Gasteiger partial charge in [0.05, 0.1) is 12.1 Å². The molecule has 1 aromatic heterocycles. The number of aliphatic carboxylic acids is 1. The third-order valence-corrected chi connectivity index (χ3v) is 3.33. The summed E-state index contributed by atoms with van der Waals surface area (Å²) >= 11 is 7.32. The zero-order chi connectivity index (χ0) is 12.3. The molecule has 0 fully saturated rings. The molecular weight excluding hydrogens is 354 g/mol. The van der Waals surface area contributed by atoms with Crippen molar-refractivity contribution in [3.63, 3.8) is 0 Å². The van der Waals surface area contributed by atoms with Gasteiger partial charge < -0.3 is 5.11 Å². The fourth-order valence-corrected chi connectivity index (χ4v) is 2.29. The molecule has 0 saturated heterocycles. The first-order valence-electron chi connectivity index (χ1n) is 4.19. The molecule has 0 amide bonds. The van der Waals surface area contributed by atoms with Gasteiger partial charge in [-0.15, -0.1) is 11.6 Å². The molecular formula is C9H7ClF2INO2. The number of carboxylic acid groups (broad SMARTS) is 1. The van der Waals surface area contributed by atoms with Gasteiger partial charge in [-0.05, 0) is 34.2 Å². The van der Waals surface area contributed by atoms with Crippen molar-refractivity contribution >= 4 is 40.2 Å². The van der Waals surface area contributed by atoms with Crippen LogP contribution in [0.25, 0.3) is 0 Å². The maximum Gasteiger partial charge on any atom is 0.309 e. The smallest absolute Gasteiger partial charge is 0.309 e. The van der Waals surface area contributed by atoms with Gasteiger partial charge >= 0.3 is 5.97 Å². The molecule has 0 aromatic carbocycles. The summed E-state index contributed by atoms with van der Waals surface area (Å²) in [4.78, 5) is 14.1. The molecule has 1 N–H and O–H groups in total. The highest BCUT2D eigenvalue weighted by Gasteiger charge is 2.18. The van der Waals surface area contributed by atoms with Gasteiger partial charge in [-0.25, -0.2) is 8.78 Å². The van der Waals surface area contributed by atoms with Crippen molar-refractivity contribution in [1.82, 2.24) is 4.98 Å². The van der Waals surface area contributed by atoms with E-state index >= 15 is 0 Å². The van der Waals surface area contributed by atoms with Crippen molar-refractivity contribution < 1.29 is 18.7 Å². The molecule has 0 saturated carbocycles. The van der Waals surface area contributed by atoms with E-state index in [1.165, 1.54) is 6.07 Å². The van der Waals surface area contributed by atoms with Crippen molar-refractivity contribution in [3.05, 3.63) is 26.6 Å². The summed E-state index contributed by atoms with van der Waals surface area (Å²) in [6.45, 7) is 0. The molecule has 0 aliphatic rings. The van der Waals surface area contributed by atoms with Gasteiger partial charge in [-0.3, -0.25) is 9.78 Å². The quantitative estimate of drug-likeness (QED) is 0.662. The third-order valence-electron chi connectivity index (χ3n) is 1.79. The number of alkyl halides is 3. The number of hydrogen-bond acceptors (Lipinski definition) is 2. The van der Waals surface area contributed by atoms with Gasteiger partial charge in [0, 0.05) is 9.45 Å². The topological polar surface area (TPSA) is 50.2 Å². The van der Waals surface area contributed by atoms with Crippen LogP contribution in [0.1, 0.15) is 23.4 Å². The van der Waals surface area contributed by atoms with Crippen molar-refractivity contribution in [1.29, 1.82) is 0 Å². The van der Waals surface area contributed by atoms with E-state index < -0.39 is 18.1 Å². The van der Waals surface area contributed by atoms with Crippen LogP contribution in [0.15, 0.2) is 6.07 Å². The Kier molecular flexibility index (Phi) is 4.85. The molecule has 0 atom stereocenters. The number of carboxylic acids is 1. The van der Waals surface area contributed by atoms with Crippen LogP contribution in [0.5, 0.6) is 0 Å². The van der Waals surface area contributed by atoms with Crippen LogP contribution in [-0.2, 0) is 17.1 Å². The minimum atomic E-state index is -2.73. The number of halogens is 4. The van der Waals surface area contributed by atoms with Gasteiger partial charge in [0.2, 0.25) is 0 Å². The van der Waals surface area contributed by atoms with E-state index in [1.807, 2.05) is 0 Å². The Morgan fingerprint density at radius 3 is 2.69 bits per heavy atom. The predicted octanol–water partition coefficient (Wildman–Crippen LogP) is 2.99. The summed E-state index contributed by atoms with van der Waals surface area (Å²) in [7, 11) is 0. The summed E-state index contributed by atoms with van der Waals surface area (Å²) in [5, 5.41) is 8.57. The second-order valence-corrected chi connectivity index (χ2v) is 4.32. The molecule has 0 aliphatic heterocycles. The van der Waals surface area contributed by atoms with Crippen molar-refractivity contribution in [3.8, 4) is 0 Å². The van der Waals surface area contributed by atoms with Crippen LogP contribution in [0.2, 0.25) is 0 Å². The number of hydrogen-bond donors (Lipinski definition) is 1. The summed E-state index contributed by atoms with van der Waals surface area (Å²) in [5.41, 5.74) is 0.165. The first kappa shape index (κ1) is 13.6. The molecule has 16 heavy (non-hydrogen) atoms. The first-order valence-corrected chi connectivity index (χ1v) is 5.81. The molecule has 0 radical (unpaired) electrons. The minimum Gasteiger partial charge on any atom is -0.481 e. The van der Waals surface area contributed by atoms with Crippen LogP contribution in [-0.4, -0.2) is 16.1 Å². The lowest BCUT2D eigenvalue weighted by atomic mass is 10.2. The van der Waals surface area contributed by atoms with Gasteiger partial charge in [0.25, 0.3) is 6.43 Å². The summed E-state index contributed by atoms with van der Waals surface area (Å²) in [5.74, 6) is -1.07. The van der Waals surface area contributed by atoms with Crippen LogP contribution >= 0.6 is 34.2 Å². The summed E-state index contributed by atoms with van der Waals surface area (Å²) in [6.07, 6.45) is -3.12. The molecule has 0 spiro atoms. The van der Waals surface area contributed by atoms with E-state index in [2.05, 4.69) is 4.98 Å². The van der Waals surface area contributed by atoms with Gasteiger partial charge in [-0.2, -0.15) is 0 Å². The molecule has 0 unspecified atom stereocenters. The van der Waals surface area contributed by atoms with Gasteiger partial charge in [0.15, 0.2) is 0 Å². The lowest BCUT2D eigenvalue weighted by molar-refractivity contribution is -0.136. The fourth-order valence-electron chi connectivity index (χ4n) is 1.15. The molecule has 0 bridgehead atoms.